The molecule has 0 aliphatic rings. The summed E-state index contributed by atoms with van der Waals surface area (Å²) in [7, 11) is 2.93. The summed E-state index contributed by atoms with van der Waals surface area (Å²) in [6.45, 7) is 6.26. The number of hydrogen-bond acceptors (Lipinski definition) is 5. The summed E-state index contributed by atoms with van der Waals surface area (Å²) in [6, 6.07) is 6.87. The van der Waals surface area contributed by atoms with Crippen LogP contribution in [0, 0.1) is 16.1 Å². The lowest BCUT2D eigenvalue weighted by atomic mass is 9.97. The fourth-order valence-corrected chi connectivity index (χ4v) is 3.21. The summed E-state index contributed by atoms with van der Waals surface area (Å²) in [4.78, 5) is 28.3. The lowest BCUT2D eigenvalue weighted by molar-refractivity contribution is -0.137. The molecule has 0 aliphatic carbocycles. The largest absolute Gasteiger partial charge is 0.494 e. The number of hydrogen-bond donors (Lipinski definition) is 3. The van der Waals surface area contributed by atoms with E-state index in [1.807, 2.05) is 20.8 Å². The SMILES string of the molecule is CNC(CC(N=O)c1ccc(OC)c(F)c1)N/C(=N\C(=O)c1ccc(C(F)(F)F)cc1)NCC(C)(C)C. The zero-order valence-corrected chi connectivity index (χ0v) is 21.2. The van der Waals surface area contributed by atoms with Gasteiger partial charge >= 0.3 is 6.18 Å². The third kappa shape index (κ3) is 9.12. The number of alkyl halides is 3. The molecule has 2 aromatic carbocycles. The van der Waals surface area contributed by atoms with Gasteiger partial charge < -0.3 is 20.7 Å². The lowest BCUT2D eigenvalue weighted by Crippen LogP contribution is -2.51. The predicted octanol–water partition coefficient (Wildman–Crippen LogP) is 5.02. The van der Waals surface area contributed by atoms with Gasteiger partial charge in [-0.25, -0.2) is 4.39 Å². The van der Waals surface area contributed by atoms with Crippen molar-refractivity contribution in [2.24, 2.45) is 15.6 Å². The Balaban J connectivity index is 2.26. The molecule has 2 aromatic rings. The first-order chi connectivity index (χ1) is 17.3. The van der Waals surface area contributed by atoms with Crippen LogP contribution in [0.15, 0.2) is 52.6 Å². The molecular formula is C25H31F4N5O3. The normalized spacial score (nSPS) is 14.0. The van der Waals surface area contributed by atoms with E-state index in [-0.39, 0.29) is 29.1 Å². The fourth-order valence-electron chi connectivity index (χ4n) is 3.21. The number of carbonyl (C=O) groups is 1. The second-order valence-electron chi connectivity index (χ2n) is 9.49. The smallest absolute Gasteiger partial charge is 0.416 e. The number of amides is 1. The first-order valence-electron chi connectivity index (χ1n) is 11.4. The van der Waals surface area contributed by atoms with Crippen LogP contribution in [0.25, 0.3) is 0 Å². The first-order valence-corrected chi connectivity index (χ1v) is 11.4. The lowest BCUT2D eigenvalue weighted by Gasteiger charge is -2.25. The van der Waals surface area contributed by atoms with Gasteiger partial charge in [-0.3, -0.25) is 4.79 Å². The number of guanidine groups is 1. The maximum absolute atomic E-state index is 14.2. The van der Waals surface area contributed by atoms with E-state index in [9.17, 15) is 27.3 Å². The molecule has 0 saturated heterocycles. The molecule has 0 spiro atoms. The molecule has 0 aliphatic heterocycles. The number of ether oxygens (including phenoxy) is 1. The van der Waals surface area contributed by atoms with Gasteiger partial charge in [-0.2, -0.15) is 23.1 Å². The van der Waals surface area contributed by atoms with E-state index in [2.05, 4.69) is 26.1 Å². The molecule has 202 valence electrons. The van der Waals surface area contributed by atoms with Gasteiger partial charge in [0.1, 0.15) is 6.04 Å². The van der Waals surface area contributed by atoms with Crippen LogP contribution in [0.3, 0.4) is 0 Å². The highest BCUT2D eigenvalue weighted by Gasteiger charge is 2.30. The molecule has 0 fully saturated rings. The molecule has 12 heteroatoms. The van der Waals surface area contributed by atoms with Gasteiger partial charge in [-0.15, -0.1) is 0 Å². The average Bonchev–Trinajstić information content (AvgIpc) is 2.83. The van der Waals surface area contributed by atoms with E-state index in [0.29, 0.717) is 12.1 Å². The maximum Gasteiger partial charge on any atom is 0.416 e. The van der Waals surface area contributed by atoms with Crippen LogP contribution in [-0.4, -0.2) is 38.7 Å². The molecular weight excluding hydrogens is 494 g/mol. The quantitative estimate of drug-likeness (QED) is 0.140. The van der Waals surface area contributed by atoms with Crippen molar-refractivity contribution in [2.75, 3.05) is 20.7 Å². The standard InChI is InChI=1S/C25H31F4N5O3/c1-24(2,3)14-31-23(33-22(35)15-6-9-17(10-7-15)25(27,28)29)32-21(30-4)13-19(34-36)16-8-11-20(37-5)18(26)12-16/h6-12,19,21,30H,13-14H2,1-5H3,(H2,31,32,33,35). The Morgan fingerprint density at radius 3 is 2.22 bits per heavy atom. The Hall–Kier alpha value is -3.54. The molecule has 37 heavy (non-hydrogen) atoms. The van der Waals surface area contributed by atoms with E-state index in [4.69, 9.17) is 4.74 Å². The molecule has 2 unspecified atom stereocenters. The Morgan fingerprint density at radius 1 is 1.08 bits per heavy atom. The van der Waals surface area contributed by atoms with Crippen LogP contribution in [0.5, 0.6) is 5.75 Å². The van der Waals surface area contributed by atoms with Crippen molar-refractivity contribution >= 4 is 11.9 Å². The summed E-state index contributed by atoms with van der Waals surface area (Å²) < 4.78 is 57.6. The first kappa shape index (κ1) is 29.7. The van der Waals surface area contributed by atoms with Crippen LogP contribution in [0.4, 0.5) is 17.6 Å². The van der Waals surface area contributed by atoms with Crippen molar-refractivity contribution in [3.63, 3.8) is 0 Å². The van der Waals surface area contributed by atoms with Crippen LogP contribution in [0.2, 0.25) is 0 Å². The molecule has 0 aromatic heterocycles. The van der Waals surface area contributed by atoms with Gasteiger partial charge in [-0.05, 0) is 54.4 Å². The van der Waals surface area contributed by atoms with E-state index in [1.165, 1.54) is 25.3 Å². The molecule has 2 rings (SSSR count). The van der Waals surface area contributed by atoms with E-state index >= 15 is 0 Å². The fraction of sp³-hybridized carbons (Fsp3) is 0.440. The second kappa shape index (κ2) is 12.6. The third-order valence-electron chi connectivity index (χ3n) is 5.26. The Morgan fingerprint density at radius 2 is 1.73 bits per heavy atom. The zero-order chi connectivity index (χ0) is 27.8. The molecule has 0 saturated carbocycles. The van der Waals surface area contributed by atoms with Crippen LogP contribution < -0.4 is 20.7 Å². The van der Waals surface area contributed by atoms with Gasteiger partial charge in [0.05, 0.1) is 18.8 Å². The average molecular weight is 526 g/mol. The van der Waals surface area contributed by atoms with E-state index in [0.717, 1.165) is 24.3 Å². The number of nitroso groups, excluding NO2 is 1. The number of rotatable bonds is 9. The molecule has 3 N–H and O–H groups in total. The van der Waals surface area contributed by atoms with Gasteiger partial charge in [0.15, 0.2) is 11.6 Å². The number of nitrogens with zero attached hydrogens (tertiary/aromatic N) is 2. The van der Waals surface area contributed by atoms with Crippen molar-refractivity contribution in [1.29, 1.82) is 0 Å². The number of nitrogens with one attached hydrogen (secondary N) is 3. The van der Waals surface area contributed by atoms with Gasteiger partial charge in [0.25, 0.3) is 5.91 Å². The number of aliphatic imine (C=N–C) groups is 1. The summed E-state index contributed by atoms with van der Waals surface area (Å²) in [5.74, 6) is -1.34. The Kier molecular flexibility index (Phi) is 10.1. The van der Waals surface area contributed by atoms with Gasteiger partial charge in [0, 0.05) is 18.5 Å². The highest BCUT2D eigenvalue weighted by atomic mass is 19.4. The minimum absolute atomic E-state index is 0.0271. The summed E-state index contributed by atoms with van der Waals surface area (Å²) in [6.07, 6.45) is -5.10. The van der Waals surface area contributed by atoms with Crippen molar-refractivity contribution < 1.29 is 27.1 Å². The third-order valence-corrected chi connectivity index (χ3v) is 5.26. The molecule has 8 nitrogen and oxygen atoms in total. The monoisotopic (exact) mass is 525 g/mol. The molecule has 1 amide bonds. The number of benzene rings is 2. The zero-order valence-electron chi connectivity index (χ0n) is 21.2. The van der Waals surface area contributed by atoms with Gasteiger partial charge in [0.2, 0.25) is 5.96 Å². The number of methoxy groups -OCH3 is 1. The van der Waals surface area contributed by atoms with Crippen LogP contribution in [0.1, 0.15) is 54.7 Å². The van der Waals surface area contributed by atoms with Crippen LogP contribution >= 0.6 is 0 Å². The van der Waals surface area contributed by atoms with Crippen molar-refractivity contribution in [2.45, 2.75) is 45.6 Å². The Bertz CT molecular complexity index is 1100. The van der Waals surface area contributed by atoms with Crippen molar-refractivity contribution in [1.82, 2.24) is 16.0 Å². The van der Waals surface area contributed by atoms with Gasteiger partial charge in [-0.1, -0.05) is 32.0 Å². The minimum Gasteiger partial charge on any atom is -0.494 e. The molecule has 0 radical (unpaired) electrons. The second-order valence-corrected chi connectivity index (χ2v) is 9.49. The molecule has 0 heterocycles. The van der Waals surface area contributed by atoms with E-state index in [1.54, 1.807) is 7.05 Å². The minimum atomic E-state index is -4.53. The number of carbonyl (C=O) groups excluding carboxylic acids is 1. The number of halogens is 4. The molecule has 2 atom stereocenters. The van der Waals surface area contributed by atoms with Crippen molar-refractivity contribution in [3.8, 4) is 5.75 Å². The summed E-state index contributed by atoms with van der Waals surface area (Å²) in [5, 5.41) is 12.1. The highest BCUT2D eigenvalue weighted by Crippen LogP contribution is 2.29. The maximum atomic E-state index is 14.2. The highest BCUT2D eigenvalue weighted by molar-refractivity contribution is 6.02. The topological polar surface area (TPSA) is 104 Å². The van der Waals surface area contributed by atoms with E-state index < -0.39 is 35.7 Å². The molecule has 0 bridgehead atoms. The summed E-state index contributed by atoms with van der Waals surface area (Å²) in [5.41, 5.74) is -0.790. The Labute approximate surface area is 212 Å². The van der Waals surface area contributed by atoms with Crippen LogP contribution in [-0.2, 0) is 6.18 Å². The summed E-state index contributed by atoms with van der Waals surface area (Å²) >= 11 is 0. The van der Waals surface area contributed by atoms with Crippen molar-refractivity contribution in [3.05, 3.63) is 69.9 Å². The predicted molar refractivity (Wildman–Crippen MR) is 133 cm³/mol.